The Bertz CT molecular complexity index is 2060. The van der Waals surface area contributed by atoms with E-state index in [-0.39, 0.29) is 5.41 Å². The van der Waals surface area contributed by atoms with Gasteiger partial charge in [0, 0.05) is 16.7 Å². The summed E-state index contributed by atoms with van der Waals surface area (Å²) in [6, 6.07) is 48.0. The molecule has 0 N–H and O–H groups in total. The average molecular weight is 513 g/mol. The highest BCUT2D eigenvalue weighted by Crippen LogP contribution is 2.53. The Hall–Kier alpha value is -4.95. The van der Waals surface area contributed by atoms with Crippen molar-refractivity contribution in [2.75, 3.05) is 0 Å². The zero-order valence-corrected chi connectivity index (χ0v) is 22.6. The molecule has 0 radical (unpaired) electrons. The van der Waals surface area contributed by atoms with E-state index in [4.69, 9.17) is 4.98 Å². The van der Waals surface area contributed by atoms with E-state index in [2.05, 4.69) is 146 Å². The fourth-order valence-corrected chi connectivity index (χ4v) is 6.65. The summed E-state index contributed by atoms with van der Waals surface area (Å²) in [6.07, 6.45) is 0. The van der Waals surface area contributed by atoms with Gasteiger partial charge in [-0.3, -0.25) is 4.57 Å². The van der Waals surface area contributed by atoms with Gasteiger partial charge in [0.15, 0.2) is 0 Å². The van der Waals surface area contributed by atoms with Gasteiger partial charge in [-0.15, -0.1) is 0 Å². The van der Waals surface area contributed by atoms with Gasteiger partial charge in [-0.2, -0.15) is 0 Å². The van der Waals surface area contributed by atoms with E-state index < -0.39 is 0 Å². The lowest BCUT2D eigenvalue weighted by Gasteiger charge is -2.23. The zero-order chi connectivity index (χ0) is 26.8. The Kier molecular flexibility index (Phi) is 4.90. The summed E-state index contributed by atoms with van der Waals surface area (Å²) in [5.74, 6) is 0.956. The molecule has 1 aliphatic rings. The van der Waals surface area contributed by atoms with Crippen LogP contribution in [-0.2, 0) is 5.41 Å². The van der Waals surface area contributed by atoms with Crippen LogP contribution in [0.3, 0.4) is 0 Å². The van der Waals surface area contributed by atoms with Gasteiger partial charge < -0.3 is 0 Å². The van der Waals surface area contributed by atoms with Crippen molar-refractivity contribution in [3.05, 3.63) is 145 Å². The number of rotatable bonds is 3. The Morgan fingerprint density at radius 1 is 0.550 bits per heavy atom. The number of hydrogen-bond donors (Lipinski definition) is 0. The van der Waals surface area contributed by atoms with Gasteiger partial charge in [0.1, 0.15) is 5.82 Å². The van der Waals surface area contributed by atoms with E-state index in [1.54, 1.807) is 0 Å². The predicted molar refractivity (Wildman–Crippen MR) is 167 cm³/mol. The topological polar surface area (TPSA) is 17.8 Å². The fourth-order valence-electron chi connectivity index (χ4n) is 6.65. The molecule has 0 amide bonds. The summed E-state index contributed by atoms with van der Waals surface area (Å²) in [6.45, 7) is 4.71. The van der Waals surface area contributed by atoms with Crippen molar-refractivity contribution < 1.29 is 0 Å². The molecule has 40 heavy (non-hydrogen) atoms. The zero-order valence-electron chi connectivity index (χ0n) is 22.6. The quantitative estimate of drug-likeness (QED) is 0.230. The molecule has 2 heteroatoms. The summed E-state index contributed by atoms with van der Waals surface area (Å²) in [4.78, 5) is 5.02. The Balaban J connectivity index is 1.32. The minimum atomic E-state index is -0.0506. The summed E-state index contributed by atoms with van der Waals surface area (Å²) >= 11 is 0. The summed E-state index contributed by atoms with van der Waals surface area (Å²) < 4.78 is 2.27. The van der Waals surface area contributed by atoms with Crippen molar-refractivity contribution in [2.24, 2.45) is 0 Å². The lowest BCUT2D eigenvalue weighted by Crippen LogP contribution is -2.15. The molecule has 1 aliphatic carbocycles. The Labute approximate surface area is 234 Å². The van der Waals surface area contributed by atoms with Gasteiger partial charge in [0.25, 0.3) is 0 Å². The molecule has 0 saturated carbocycles. The molecule has 0 fully saturated rings. The monoisotopic (exact) mass is 512 g/mol. The van der Waals surface area contributed by atoms with Crippen molar-refractivity contribution >= 4 is 21.8 Å². The maximum atomic E-state index is 5.02. The largest absolute Gasteiger partial charge is 0.292 e. The van der Waals surface area contributed by atoms with Gasteiger partial charge in [-0.1, -0.05) is 117 Å². The van der Waals surface area contributed by atoms with E-state index in [1.807, 2.05) is 6.07 Å². The van der Waals surface area contributed by atoms with Crippen molar-refractivity contribution in [3.8, 4) is 39.3 Å². The van der Waals surface area contributed by atoms with E-state index in [0.29, 0.717) is 0 Å². The second kappa shape index (κ2) is 8.53. The van der Waals surface area contributed by atoms with Crippen LogP contribution in [0, 0.1) is 0 Å². The number of imidazole rings is 1. The SMILES string of the molecule is CC1(C)c2ccccc2-c2c1cc(-c1ccc(-n3c(-c4ccccc4)nc4ccccc43)cc1)c1ccccc21. The second-order valence-electron chi connectivity index (χ2n) is 11.2. The van der Waals surface area contributed by atoms with Crippen LogP contribution in [0.15, 0.2) is 133 Å². The van der Waals surface area contributed by atoms with E-state index in [1.165, 1.54) is 44.2 Å². The molecule has 0 spiro atoms. The van der Waals surface area contributed by atoms with Crippen molar-refractivity contribution in [1.29, 1.82) is 0 Å². The third kappa shape index (κ3) is 3.26. The molecule has 0 bridgehead atoms. The van der Waals surface area contributed by atoms with Crippen LogP contribution in [0.2, 0.25) is 0 Å². The Morgan fingerprint density at radius 2 is 1.23 bits per heavy atom. The lowest BCUT2D eigenvalue weighted by atomic mass is 9.80. The highest BCUT2D eigenvalue weighted by atomic mass is 15.1. The van der Waals surface area contributed by atoms with Gasteiger partial charge in [-0.25, -0.2) is 4.98 Å². The first kappa shape index (κ1) is 23.0. The maximum Gasteiger partial charge on any atom is 0.145 e. The first-order chi connectivity index (χ1) is 19.6. The first-order valence-corrected chi connectivity index (χ1v) is 13.9. The molecule has 0 aliphatic heterocycles. The molecule has 6 aromatic carbocycles. The van der Waals surface area contributed by atoms with Gasteiger partial charge in [0.05, 0.1) is 11.0 Å². The highest BCUT2D eigenvalue weighted by Gasteiger charge is 2.36. The molecular weight excluding hydrogens is 484 g/mol. The van der Waals surface area contributed by atoms with Crippen molar-refractivity contribution in [3.63, 3.8) is 0 Å². The molecule has 0 atom stereocenters. The number of para-hydroxylation sites is 2. The molecule has 0 unspecified atom stereocenters. The molecule has 7 aromatic rings. The smallest absolute Gasteiger partial charge is 0.145 e. The minimum absolute atomic E-state index is 0.0506. The van der Waals surface area contributed by atoms with Gasteiger partial charge in [-0.05, 0) is 74.5 Å². The summed E-state index contributed by atoms with van der Waals surface area (Å²) in [7, 11) is 0. The van der Waals surface area contributed by atoms with Gasteiger partial charge >= 0.3 is 0 Å². The Morgan fingerprint density at radius 3 is 2.05 bits per heavy atom. The van der Waals surface area contributed by atoms with Crippen LogP contribution in [0.1, 0.15) is 25.0 Å². The van der Waals surface area contributed by atoms with Crippen LogP contribution in [0.4, 0.5) is 0 Å². The molecule has 8 rings (SSSR count). The van der Waals surface area contributed by atoms with E-state index in [0.717, 1.165) is 28.1 Å². The molecule has 190 valence electrons. The standard InChI is InChI=1S/C38H28N2/c1-38(2)32-17-9-8-16-30(32)36-29-15-7-6-14-28(29)31(24-33(36)38)25-20-22-27(23-21-25)40-35-19-11-10-18-34(35)39-37(40)26-12-4-3-5-13-26/h3-24H,1-2H3. The average Bonchev–Trinajstić information content (AvgIpc) is 3.50. The minimum Gasteiger partial charge on any atom is -0.292 e. The van der Waals surface area contributed by atoms with Crippen LogP contribution in [0.5, 0.6) is 0 Å². The lowest BCUT2D eigenvalue weighted by molar-refractivity contribution is 0.661. The van der Waals surface area contributed by atoms with Gasteiger partial charge in [0.2, 0.25) is 0 Å². The second-order valence-corrected chi connectivity index (χ2v) is 11.2. The van der Waals surface area contributed by atoms with Crippen LogP contribution < -0.4 is 0 Å². The number of fused-ring (bicyclic) bond motifs is 6. The number of nitrogens with zero attached hydrogens (tertiary/aromatic N) is 2. The normalized spacial score (nSPS) is 13.4. The number of hydrogen-bond acceptors (Lipinski definition) is 1. The molecule has 0 saturated heterocycles. The number of aromatic nitrogens is 2. The summed E-state index contributed by atoms with van der Waals surface area (Å²) in [5, 5.41) is 2.61. The van der Waals surface area contributed by atoms with E-state index >= 15 is 0 Å². The summed E-state index contributed by atoms with van der Waals surface area (Å²) in [5.41, 5.74) is 12.3. The van der Waals surface area contributed by atoms with E-state index in [9.17, 15) is 0 Å². The van der Waals surface area contributed by atoms with Crippen LogP contribution in [0.25, 0.3) is 61.1 Å². The molecule has 2 nitrogen and oxygen atoms in total. The fraction of sp³-hybridized carbons (Fsp3) is 0.0789. The third-order valence-electron chi connectivity index (χ3n) is 8.62. The van der Waals surface area contributed by atoms with Crippen LogP contribution >= 0.6 is 0 Å². The number of benzene rings is 6. The van der Waals surface area contributed by atoms with Crippen molar-refractivity contribution in [1.82, 2.24) is 9.55 Å². The third-order valence-corrected chi connectivity index (χ3v) is 8.62. The molecular formula is C38H28N2. The first-order valence-electron chi connectivity index (χ1n) is 13.9. The predicted octanol–water partition coefficient (Wildman–Crippen LogP) is 9.82. The molecule has 1 aromatic heterocycles. The van der Waals surface area contributed by atoms with Crippen LogP contribution in [-0.4, -0.2) is 9.55 Å². The highest BCUT2D eigenvalue weighted by molar-refractivity contribution is 6.09. The maximum absolute atomic E-state index is 5.02. The van der Waals surface area contributed by atoms with Crippen molar-refractivity contribution in [2.45, 2.75) is 19.3 Å². The molecule has 1 heterocycles.